The fourth-order valence-electron chi connectivity index (χ4n) is 3.83. The summed E-state index contributed by atoms with van der Waals surface area (Å²) in [5, 5.41) is 5.50. The lowest BCUT2D eigenvalue weighted by Gasteiger charge is -2.11. The topological polar surface area (TPSA) is 42.5 Å². The Morgan fingerprint density at radius 2 is 1.58 bits per heavy atom. The van der Waals surface area contributed by atoms with Gasteiger partial charge in [-0.15, -0.1) is 0 Å². The van der Waals surface area contributed by atoms with Gasteiger partial charge in [-0.25, -0.2) is 4.52 Å². The van der Waals surface area contributed by atoms with E-state index >= 15 is 0 Å². The van der Waals surface area contributed by atoms with Gasteiger partial charge in [-0.05, 0) is 61.4 Å². The maximum Gasteiger partial charge on any atom is 0.261 e. The summed E-state index contributed by atoms with van der Waals surface area (Å²) in [4.78, 5) is 14.2. The van der Waals surface area contributed by atoms with E-state index in [1.165, 1.54) is 4.90 Å². The molecule has 3 aromatic carbocycles. The molecule has 0 saturated carbocycles. The first-order valence-electron chi connectivity index (χ1n) is 10.0. The van der Waals surface area contributed by atoms with E-state index in [9.17, 15) is 4.79 Å². The van der Waals surface area contributed by atoms with Gasteiger partial charge < -0.3 is 0 Å². The van der Waals surface area contributed by atoms with E-state index < -0.39 is 0 Å². The minimum Gasteiger partial charge on any atom is -0.296 e. The molecule has 0 unspecified atom stereocenters. The summed E-state index contributed by atoms with van der Waals surface area (Å²) in [5.41, 5.74) is 5.59. The molecule has 0 radical (unpaired) electrons. The lowest BCUT2D eigenvalue weighted by Crippen LogP contribution is -2.19. The van der Waals surface area contributed by atoms with Crippen molar-refractivity contribution in [2.24, 2.45) is 7.05 Å². The summed E-state index contributed by atoms with van der Waals surface area (Å²) in [7, 11) is 5.85. The van der Waals surface area contributed by atoms with Crippen molar-refractivity contribution in [2.45, 2.75) is 4.90 Å². The Balaban J connectivity index is 1.72. The lowest BCUT2D eigenvalue weighted by atomic mass is 10.0. The maximum atomic E-state index is 13.0. The van der Waals surface area contributed by atoms with E-state index in [-0.39, 0.29) is 5.56 Å². The summed E-state index contributed by atoms with van der Waals surface area (Å²) in [5.74, 6) is 0. The molecule has 5 nitrogen and oxygen atoms in total. The van der Waals surface area contributed by atoms with Gasteiger partial charge in [0.15, 0.2) is 0 Å². The van der Waals surface area contributed by atoms with Crippen LogP contribution in [-0.2, 0) is 7.05 Å². The largest absolute Gasteiger partial charge is 0.296 e. The van der Waals surface area contributed by atoms with Gasteiger partial charge in [0, 0.05) is 23.6 Å². The molecule has 0 aliphatic rings. The summed E-state index contributed by atoms with van der Waals surface area (Å²) in [6, 6.07) is 26.4. The van der Waals surface area contributed by atoms with Crippen LogP contribution in [-0.4, -0.2) is 32.6 Å². The predicted molar refractivity (Wildman–Crippen MR) is 128 cm³/mol. The normalized spacial score (nSPS) is 11.6. The molecule has 0 N–H and O–H groups in total. The number of hydrogen-bond acceptors (Lipinski definition) is 4. The molecule has 0 saturated heterocycles. The number of nitrogens with zero attached hydrogens (tertiary/aromatic N) is 4. The quantitative estimate of drug-likeness (QED) is 0.376. The van der Waals surface area contributed by atoms with Crippen LogP contribution in [0.2, 0.25) is 0 Å². The Morgan fingerprint density at radius 3 is 2.35 bits per heavy atom. The summed E-state index contributed by atoms with van der Waals surface area (Å²) in [6.07, 6.45) is 0. The fourth-order valence-corrected chi connectivity index (χ4v) is 4.57. The van der Waals surface area contributed by atoms with E-state index in [2.05, 4.69) is 34.6 Å². The average molecular weight is 427 g/mol. The number of aryl methyl sites for hydroxylation is 1. The van der Waals surface area contributed by atoms with Gasteiger partial charge in [-0.1, -0.05) is 48.5 Å². The van der Waals surface area contributed by atoms with Gasteiger partial charge in [-0.2, -0.15) is 5.10 Å². The Bertz CT molecular complexity index is 1470. The van der Waals surface area contributed by atoms with E-state index in [1.807, 2.05) is 67.1 Å². The first-order chi connectivity index (χ1) is 15.0. The first kappa shape index (κ1) is 19.6. The molecule has 5 rings (SSSR count). The van der Waals surface area contributed by atoms with Gasteiger partial charge in [0.1, 0.15) is 5.65 Å². The molecular formula is C25H22N4OS. The SMILES string of the molecule is CN(C)Sc1cccc(-c2ccc3c(=O)n(C)c4cc(-c5ccccc5)nn4c3c2)c1. The van der Waals surface area contributed by atoms with Crippen molar-refractivity contribution < 1.29 is 0 Å². The molecular weight excluding hydrogens is 404 g/mol. The molecule has 0 aliphatic carbocycles. The van der Waals surface area contributed by atoms with Crippen molar-refractivity contribution in [3.63, 3.8) is 0 Å². The summed E-state index contributed by atoms with van der Waals surface area (Å²) >= 11 is 1.68. The van der Waals surface area contributed by atoms with Crippen molar-refractivity contribution in [3.05, 3.63) is 89.2 Å². The molecule has 0 fully saturated rings. The van der Waals surface area contributed by atoms with Crippen LogP contribution in [0.1, 0.15) is 0 Å². The summed E-state index contributed by atoms with van der Waals surface area (Å²) in [6.45, 7) is 0. The van der Waals surface area contributed by atoms with Crippen LogP contribution in [0, 0.1) is 0 Å². The number of hydrogen-bond donors (Lipinski definition) is 0. The molecule has 2 heterocycles. The molecule has 154 valence electrons. The van der Waals surface area contributed by atoms with Crippen LogP contribution in [0.25, 0.3) is 38.9 Å². The third kappa shape index (κ3) is 3.54. The summed E-state index contributed by atoms with van der Waals surface area (Å²) < 4.78 is 5.61. The van der Waals surface area contributed by atoms with E-state index in [0.717, 1.165) is 33.5 Å². The molecule has 2 aromatic heterocycles. The number of aromatic nitrogens is 3. The molecule has 0 atom stereocenters. The smallest absolute Gasteiger partial charge is 0.261 e. The number of benzene rings is 3. The third-order valence-electron chi connectivity index (χ3n) is 5.32. The Hall–Kier alpha value is -3.35. The van der Waals surface area contributed by atoms with Crippen LogP contribution < -0.4 is 5.56 Å². The van der Waals surface area contributed by atoms with Gasteiger partial charge in [-0.3, -0.25) is 13.7 Å². The minimum atomic E-state index is -0.0227. The van der Waals surface area contributed by atoms with Crippen LogP contribution in [0.4, 0.5) is 0 Å². The van der Waals surface area contributed by atoms with Crippen LogP contribution in [0.3, 0.4) is 0 Å². The fraction of sp³-hybridized carbons (Fsp3) is 0.120. The highest BCUT2D eigenvalue weighted by Crippen LogP contribution is 2.29. The van der Waals surface area contributed by atoms with Gasteiger partial charge in [0.25, 0.3) is 5.56 Å². The monoisotopic (exact) mass is 426 g/mol. The Kier molecular flexibility index (Phi) is 4.88. The second-order valence-electron chi connectivity index (χ2n) is 7.69. The van der Waals surface area contributed by atoms with E-state index in [4.69, 9.17) is 5.10 Å². The molecule has 0 amide bonds. The van der Waals surface area contributed by atoms with Crippen LogP contribution >= 0.6 is 11.9 Å². The van der Waals surface area contributed by atoms with Crippen molar-refractivity contribution in [1.82, 2.24) is 18.5 Å². The zero-order valence-corrected chi connectivity index (χ0v) is 18.4. The first-order valence-corrected chi connectivity index (χ1v) is 10.8. The van der Waals surface area contributed by atoms with Crippen molar-refractivity contribution in [1.29, 1.82) is 0 Å². The average Bonchev–Trinajstić information content (AvgIpc) is 3.23. The third-order valence-corrected chi connectivity index (χ3v) is 6.15. The molecule has 0 aliphatic heterocycles. The maximum absolute atomic E-state index is 13.0. The molecule has 0 bridgehead atoms. The highest BCUT2D eigenvalue weighted by Gasteiger charge is 2.14. The van der Waals surface area contributed by atoms with Crippen molar-refractivity contribution >= 4 is 28.5 Å². The molecule has 5 aromatic rings. The number of fused-ring (bicyclic) bond motifs is 3. The van der Waals surface area contributed by atoms with Crippen molar-refractivity contribution in [3.8, 4) is 22.4 Å². The highest BCUT2D eigenvalue weighted by molar-refractivity contribution is 7.97. The van der Waals surface area contributed by atoms with Crippen LogP contribution in [0.15, 0.2) is 88.6 Å². The van der Waals surface area contributed by atoms with E-state index in [0.29, 0.717) is 5.39 Å². The second kappa shape index (κ2) is 7.72. The van der Waals surface area contributed by atoms with Crippen LogP contribution in [0.5, 0.6) is 0 Å². The lowest BCUT2D eigenvalue weighted by molar-refractivity contribution is 0.703. The zero-order chi connectivity index (χ0) is 21.5. The molecule has 0 spiro atoms. The van der Waals surface area contributed by atoms with E-state index in [1.54, 1.807) is 23.6 Å². The molecule has 6 heteroatoms. The zero-order valence-electron chi connectivity index (χ0n) is 17.6. The Morgan fingerprint density at radius 1 is 0.839 bits per heavy atom. The second-order valence-corrected chi connectivity index (χ2v) is 9.08. The Labute approximate surface area is 184 Å². The highest BCUT2D eigenvalue weighted by atomic mass is 32.2. The number of rotatable bonds is 4. The molecule has 31 heavy (non-hydrogen) atoms. The van der Waals surface area contributed by atoms with Crippen molar-refractivity contribution in [2.75, 3.05) is 14.1 Å². The van der Waals surface area contributed by atoms with Gasteiger partial charge in [0.2, 0.25) is 0 Å². The standard InChI is InChI=1S/C25H22N4OS/c1-27(2)31-20-11-7-10-18(14-20)19-12-13-21-23(15-19)29-24(28(3)25(21)30)16-22(26-29)17-8-5-4-6-9-17/h4-16H,1-3H3. The minimum absolute atomic E-state index is 0.0227. The van der Waals surface area contributed by atoms with Gasteiger partial charge in [0.05, 0.1) is 16.6 Å². The predicted octanol–water partition coefficient (Wildman–Crippen LogP) is 5.09. The van der Waals surface area contributed by atoms with Gasteiger partial charge >= 0.3 is 0 Å².